The molecule has 3 nitrogen and oxygen atoms in total. The van der Waals surface area contributed by atoms with Crippen molar-refractivity contribution < 1.29 is 4.79 Å². The molecule has 0 atom stereocenters. The molecule has 4 heteroatoms. The second kappa shape index (κ2) is 7.75. The van der Waals surface area contributed by atoms with E-state index in [0.29, 0.717) is 16.3 Å². The normalized spacial score (nSPS) is 10.6. The SMILES string of the molecule is Cc1c(C(=O)Nc2ccc(Cl)cc2)cc(-c2ccccc2)n1-c1ccccc1. The van der Waals surface area contributed by atoms with Crippen LogP contribution < -0.4 is 5.32 Å². The molecule has 4 rings (SSSR count). The Morgan fingerprint density at radius 1 is 0.857 bits per heavy atom. The summed E-state index contributed by atoms with van der Waals surface area (Å²) in [6.07, 6.45) is 0. The summed E-state index contributed by atoms with van der Waals surface area (Å²) in [4.78, 5) is 13.0. The quantitative estimate of drug-likeness (QED) is 0.435. The Morgan fingerprint density at radius 3 is 2.11 bits per heavy atom. The van der Waals surface area contributed by atoms with Gasteiger partial charge in [-0.25, -0.2) is 0 Å². The number of carbonyl (C=O) groups is 1. The number of anilines is 1. The van der Waals surface area contributed by atoms with E-state index in [1.54, 1.807) is 24.3 Å². The molecule has 0 fully saturated rings. The lowest BCUT2D eigenvalue weighted by Gasteiger charge is -2.12. The number of rotatable bonds is 4. The molecule has 0 aliphatic heterocycles. The molecule has 138 valence electrons. The van der Waals surface area contributed by atoms with E-state index < -0.39 is 0 Å². The van der Waals surface area contributed by atoms with Gasteiger partial charge in [0.1, 0.15) is 0 Å². The van der Waals surface area contributed by atoms with Crippen LogP contribution in [0.4, 0.5) is 5.69 Å². The van der Waals surface area contributed by atoms with Crippen molar-refractivity contribution in [3.63, 3.8) is 0 Å². The van der Waals surface area contributed by atoms with Crippen LogP contribution in [0.3, 0.4) is 0 Å². The number of amides is 1. The number of hydrogen-bond acceptors (Lipinski definition) is 1. The zero-order chi connectivity index (χ0) is 19.5. The summed E-state index contributed by atoms with van der Waals surface area (Å²) >= 11 is 5.93. The predicted octanol–water partition coefficient (Wildman–Crippen LogP) is 6.36. The van der Waals surface area contributed by atoms with Gasteiger partial charge in [-0.2, -0.15) is 0 Å². The van der Waals surface area contributed by atoms with Gasteiger partial charge in [0, 0.05) is 22.1 Å². The van der Waals surface area contributed by atoms with Gasteiger partial charge in [0.15, 0.2) is 0 Å². The van der Waals surface area contributed by atoms with Gasteiger partial charge in [0.05, 0.1) is 11.3 Å². The molecule has 4 aromatic rings. The first-order valence-electron chi connectivity index (χ1n) is 9.03. The Balaban J connectivity index is 1.79. The Hall–Kier alpha value is -3.30. The summed E-state index contributed by atoms with van der Waals surface area (Å²) in [5.74, 6) is -0.147. The van der Waals surface area contributed by atoms with Crippen molar-refractivity contribution in [1.82, 2.24) is 4.57 Å². The van der Waals surface area contributed by atoms with Gasteiger partial charge < -0.3 is 9.88 Å². The van der Waals surface area contributed by atoms with E-state index >= 15 is 0 Å². The molecular weight excluding hydrogens is 368 g/mol. The number of benzene rings is 3. The van der Waals surface area contributed by atoms with Gasteiger partial charge in [-0.3, -0.25) is 4.79 Å². The van der Waals surface area contributed by atoms with E-state index in [-0.39, 0.29) is 5.91 Å². The molecule has 1 amide bonds. The zero-order valence-corrected chi connectivity index (χ0v) is 16.1. The summed E-state index contributed by atoms with van der Waals surface area (Å²) in [7, 11) is 0. The standard InChI is InChI=1S/C24H19ClN2O/c1-17-22(24(28)26-20-14-12-19(25)13-15-20)16-23(18-8-4-2-5-9-18)27(17)21-10-6-3-7-11-21/h2-16H,1H3,(H,26,28). The summed E-state index contributed by atoms with van der Waals surface area (Å²) in [6.45, 7) is 1.97. The van der Waals surface area contributed by atoms with Crippen LogP contribution in [0.15, 0.2) is 91.0 Å². The third-order valence-electron chi connectivity index (χ3n) is 4.68. The lowest BCUT2D eigenvalue weighted by Crippen LogP contribution is -2.13. The van der Waals surface area contributed by atoms with E-state index in [4.69, 9.17) is 11.6 Å². The number of hydrogen-bond donors (Lipinski definition) is 1. The van der Waals surface area contributed by atoms with Gasteiger partial charge >= 0.3 is 0 Å². The Bertz CT molecular complexity index is 1100. The van der Waals surface area contributed by atoms with E-state index in [0.717, 1.165) is 22.6 Å². The highest BCUT2D eigenvalue weighted by atomic mass is 35.5. The van der Waals surface area contributed by atoms with E-state index in [1.807, 2.05) is 61.5 Å². The van der Waals surface area contributed by atoms with Crippen LogP contribution in [0.2, 0.25) is 5.02 Å². The number of aromatic nitrogens is 1. The van der Waals surface area contributed by atoms with Crippen LogP contribution in [-0.4, -0.2) is 10.5 Å². The summed E-state index contributed by atoms with van der Waals surface area (Å²) < 4.78 is 2.12. The van der Waals surface area contributed by atoms with Crippen molar-refractivity contribution in [3.05, 3.63) is 107 Å². The van der Waals surface area contributed by atoms with Gasteiger partial charge in [-0.15, -0.1) is 0 Å². The summed E-state index contributed by atoms with van der Waals surface area (Å²) in [5, 5.41) is 3.59. The second-order valence-corrected chi connectivity index (χ2v) is 6.96. The molecule has 0 radical (unpaired) electrons. The summed E-state index contributed by atoms with van der Waals surface area (Å²) in [5.41, 5.74) is 5.28. The third kappa shape index (κ3) is 3.57. The van der Waals surface area contributed by atoms with Crippen molar-refractivity contribution in [1.29, 1.82) is 0 Å². The minimum atomic E-state index is -0.147. The fraction of sp³-hybridized carbons (Fsp3) is 0.0417. The van der Waals surface area contributed by atoms with Gasteiger partial charge in [0.25, 0.3) is 5.91 Å². The molecule has 0 spiro atoms. The second-order valence-electron chi connectivity index (χ2n) is 6.53. The Labute approximate surface area is 169 Å². The number of halogens is 1. The minimum Gasteiger partial charge on any atom is -0.322 e. The molecule has 3 aromatic carbocycles. The van der Waals surface area contributed by atoms with Crippen LogP contribution in [0.1, 0.15) is 16.1 Å². The van der Waals surface area contributed by atoms with Crippen molar-refractivity contribution in [2.24, 2.45) is 0 Å². The lowest BCUT2D eigenvalue weighted by atomic mass is 10.1. The number of nitrogens with zero attached hydrogens (tertiary/aromatic N) is 1. The van der Waals surface area contributed by atoms with Crippen molar-refractivity contribution in [3.8, 4) is 16.9 Å². The smallest absolute Gasteiger partial charge is 0.257 e. The number of para-hydroxylation sites is 1. The molecule has 0 bridgehead atoms. The topological polar surface area (TPSA) is 34.0 Å². The molecule has 1 aromatic heterocycles. The van der Waals surface area contributed by atoms with Crippen molar-refractivity contribution in [2.75, 3.05) is 5.32 Å². The van der Waals surface area contributed by atoms with Gasteiger partial charge in [-0.05, 0) is 55.0 Å². The molecule has 0 aliphatic rings. The molecule has 1 heterocycles. The van der Waals surface area contributed by atoms with Crippen LogP contribution >= 0.6 is 11.6 Å². The Kier molecular flexibility index (Phi) is 5.00. The van der Waals surface area contributed by atoms with Gasteiger partial charge in [0.2, 0.25) is 0 Å². The van der Waals surface area contributed by atoms with Crippen molar-refractivity contribution >= 4 is 23.2 Å². The minimum absolute atomic E-state index is 0.147. The monoisotopic (exact) mass is 386 g/mol. The fourth-order valence-corrected chi connectivity index (χ4v) is 3.43. The predicted molar refractivity (Wildman–Crippen MR) is 115 cm³/mol. The first-order chi connectivity index (χ1) is 13.6. The molecule has 1 N–H and O–H groups in total. The van der Waals surface area contributed by atoms with Crippen molar-refractivity contribution in [2.45, 2.75) is 6.92 Å². The first-order valence-corrected chi connectivity index (χ1v) is 9.41. The molecular formula is C24H19ClN2O. The van der Waals surface area contributed by atoms with Crippen LogP contribution in [0, 0.1) is 6.92 Å². The maximum Gasteiger partial charge on any atom is 0.257 e. The fourth-order valence-electron chi connectivity index (χ4n) is 3.30. The maximum absolute atomic E-state index is 13.0. The molecule has 0 aliphatic carbocycles. The Morgan fingerprint density at radius 2 is 1.46 bits per heavy atom. The van der Waals surface area contributed by atoms with Crippen LogP contribution in [-0.2, 0) is 0 Å². The zero-order valence-electron chi connectivity index (χ0n) is 15.4. The van der Waals surface area contributed by atoms with E-state index in [9.17, 15) is 4.79 Å². The highest BCUT2D eigenvalue weighted by molar-refractivity contribution is 6.30. The molecule has 0 saturated carbocycles. The van der Waals surface area contributed by atoms with Gasteiger partial charge in [-0.1, -0.05) is 60.1 Å². The largest absolute Gasteiger partial charge is 0.322 e. The van der Waals surface area contributed by atoms with Crippen LogP contribution in [0.25, 0.3) is 16.9 Å². The molecule has 0 saturated heterocycles. The van der Waals surface area contributed by atoms with E-state index in [2.05, 4.69) is 22.0 Å². The summed E-state index contributed by atoms with van der Waals surface area (Å²) in [6, 6.07) is 29.2. The average molecular weight is 387 g/mol. The molecule has 0 unspecified atom stereocenters. The first kappa shape index (κ1) is 18.1. The average Bonchev–Trinajstić information content (AvgIpc) is 3.08. The maximum atomic E-state index is 13.0. The lowest BCUT2D eigenvalue weighted by molar-refractivity contribution is 0.102. The highest BCUT2D eigenvalue weighted by Crippen LogP contribution is 2.30. The highest BCUT2D eigenvalue weighted by Gasteiger charge is 2.19. The number of nitrogens with one attached hydrogen (secondary N) is 1. The number of carbonyl (C=O) groups excluding carboxylic acids is 1. The van der Waals surface area contributed by atoms with E-state index in [1.165, 1.54) is 0 Å². The third-order valence-corrected chi connectivity index (χ3v) is 4.93. The molecule has 28 heavy (non-hydrogen) atoms. The van der Waals surface area contributed by atoms with Crippen LogP contribution in [0.5, 0.6) is 0 Å².